The average Bonchev–Trinajstić information content (AvgIpc) is 3.74. The van der Waals surface area contributed by atoms with Crippen molar-refractivity contribution in [3.05, 3.63) is 224 Å². The van der Waals surface area contributed by atoms with Crippen molar-refractivity contribution >= 4 is 60.3 Å². The number of benzene rings is 10. The van der Waals surface area contributed by atoms with Gasteiger partial charge in [-0.25, -0.2) is 0 Å². The van der Waals surface area contributed by atoms with E-state index in [0.717, 1.165) is 44.9 Å². The van der Waals surface area contributed by atoms with Crippen molar-refractivity contribution in [2.75, 3.05) is 4.90 Å². The Hall–Kier alpha value is -7.68. The first kappa shape index (κ1) is 33.6. The number of furan rings is 1. The van der Waals surface area contributed by atoms with Crippen LogP contribution in [-0.4, -0.2) is 0 Å². The van der Waals surface area contributed by atoms with Crippen molar-refractivity contribution in [3.63, 3.8) is 0 Å². The van der Waals surface area contributed by atoms with Crippen LogP contribution in [-0.2, 0) is 0 Å². The normalized spacial score (nSPS) is 11.4. The molecule has 0 atom stereocenters. The van der Waals surface area contributed by atoms with Crippen LogP contribution in [0.15, 0.2) is 229 Å². The van der Waals surface area contributed by atoms with Gasteiger partial charge in [0, 0.05) is 22.3 Å². The lowest BCUT2D eigenvalue weighted by Crippen LogP contribution is -2.11. The maximum Gasteiger partial charge on any atom is 0.137 e. The maximum atomic E-state index is 6.47. The maximum absolute atomic E-state index is 6.47. The molecule has 11 rings (SSSR count). The highest BCUT2D eigenvalue weighted by Gasteiger charge is 2.20. The monoisotopic (exact) mass is 739 g/mol. The fourth-order valence-electron chi connectivity index (χ4n) is 8.54. The van der Waals surface area contributed by atoms with Gasteiger partial charge in [0.05, 0.1) is 5.69 Å². The molecule has 1 heterocycles. The van der Waals surface area contributed by atoms with E-state index < -0.39 is 0 Å². The van der Waals surface area contributed by atoms with Gasteiger partial charge in [-0.2, -0.15) is 0 Å². The highest BCUT2D eigenvalue weighted by Crippen LogP contribution is 2.43. The van der Waals surface area contributed by atoms with Crippen LogP contribution in [0.25, 0.3) is 88.0 Å². The molecule has 10 aromatic carbocycles. The first-order chi connectivity index (χ1) is 28.7. The summed E-state index contributed by atoms with van der Waals surface area (Å²) in [5, 5.41) is 8.67. The van der Waals surface area contributed by atoms with E-state index in [1.165, 1.54) is 60.1 Å². The van der Waals surface area contributed by atoms with Crippen molar-refractivity contribution in [1.82, 2.24) is 0 Å². The standard InChI is InChI=1S/C56H37NO/c1-4-14-49-41(10-1)13-9-17-51(49)43-22-20-38(21-23-43)39-26-31-47(32-27-39)57(54-18-7-6-16-53(54)56-37-46-12-3-8-19-55(46)58-56)48-33-28-40(29-34-48)44-30-35-52-45(36-44)25-24-42-11-2-5-15-50(42)52/h1-37H. The molecule has 0 saturated heterocycles. The first-order valence-electron chi connectivity index (χ1n) is 19.8. The quantitative estimate of drug-likeness (QED) is 0.151. The van der Waals surface area contributed by atoms with Gasteiger partial charge in [-0.15, -0.1) is 0 Å². The molecule has 0 unspecified atom stereocenters. The highest BCUT2D eigenvalue weighted by molar-refractivity contribution is 6.08. The summed E-state index contributed by atoms with van der Waals surface area (Å²) < 4.78 is 6.47. The van der Waals surface area contributed by atoms with Crippen LogP contribution in [0.3, 0.4) is 0 Å². The molecule has 0 spiro atoms. The van der Waals surface area contributed by atoms with Gasteiger partial charge in [0.15, 0.2) is 0 Å². The summed E-state index contributed by atoms with van der Waals surface area (Å²) in [6.07, 6.45) is 0. The van der Waals surface area contributed by atoms with Crippen molar-refractivity contribution in [3.8, 4) is 44.7 Å². The van der Waals surface area contributed by atoms with Gasteiger partial charge in [-0.1, -0.05) is 170 Å². The topological polar surface area (TPSA) is 16.4 Å². The molecule has 0 aliphatic rings. The van der Waals surface area contributed by atoms with Crippen LogP contribution in [0.1, 0.15) is 0 Å². The molecule has 0 amide bonds. The molecular formula is C56H37NO. The van der Waals surface area contributed by atoms with E-state index in [1.807, 2.05) is 12.1 Å². The second-order valence-corrected chi connectivity index (χ2v) is 14.9. The molecule has 0 saturated carbocycles. The lowest BCUT2D eigenvalue weighted by atomic mass is 9.96. The second kappa shape index (κ2) is 14.1. The molecule has 0 N–H and O–H groups in total. The van der Waals surface area contributed by atoms with E-state index in [1.54, 1.807) is 0 Å². The summed E-state index contributed by atoms with van der Waals surface area (Å²) in [4.78, 5) is 2.34. The fourth-order valence-corrected chi connectivity index (χ4v) is 8.54. The minimum Gasteiger partial charge on any atom is -0.456 e. The summed E-state index contributed by atoms with van der Waals surface area (Å²) in [7, 11) is 0. The van der Waals surface area contributed by atoms with E-state index in [4.69, 9.17) is 4.42 Å². The van der Waals surface area contributed by atoms with Gasteiger partial charge in [-0.3, -0.25) is 0 Å². The Morgan fingerprint density at radius 1 is 0.293 bits per heavy atom. The van der Waals surface area contributed by atoms with Gasteiger partial charge in [-0.05, 0) is 120 Å². The molecule has 1 aromatic heterocycles. The molecule has 0 bridgehead atoms. The number of anilines is 3. The Balaban J connectivity index is 0.971. The number of hydrogen-bond donors (Lipinski definition) is 0. The summed E-state index contributed by atoms with van der Waals surface area (Å²) >= 11 is 0. The van der Waals surface area contributed by atoms with Crippen molar-refractivity contribution < 1.29 is 4.42 Å². The Kier molecular flexibility index (Phi) is 8.19. The third-order valence-corrected chi connectivity index (χ3v) is 11.5. The van der Waals surface area contributed by atoms with E-state index in [2.05, 4.69) is 217 Å². The molecule has 0 radical (unpaired) electrons. The molecule has 2 heteroatoms. The van der Waals surface area contributed by atoms with Crippen molar-refractivity contribution in [2.45, 2.75) is 0 Å². The van der Waals surface area contributed by atoms with Gasteiger partial charge in [0.25, 0.3) is 0 Å². The van der Waals surface area contributed by atoms with Crippen LogP contribution in [0.2, 0.25) is 0 Å². The third-order valence-electron chi connectivity index (χ3n) is 11.5. The fraction of sp³-hybridized carbons (Fsp3) is 0. The van der Waals surface area contributed by atoms with Crippen LogP contribution in [0.4, 0.5) is 17.1 Å². The molecule has 272 valence electrons. The van der Waals surface area contributed by atoms with E-state index >= 15 is 0 Å². The molecule has 0 fully saturated rings. The smallest absolute Gasteiger partial charge is 0.137 e. The number of nitrogens with zero attached hydrogens (tertiary/aromatic N) is 1. The number of fused-ring (bicyclic) bond motifs is 5. The van der Waals surface area contributed by atoms with E-state index in [-0.39, 0.29) is 0 Å². The van der Waals surface area contributed by atoms with E-state index in [9.17, 15) is 0 Å². The zero-order chi connectivity index (χ0) is 38.4. The highest BCUT2D eigenvalue weighted by atomic mass is 16.3. The predicted octanol–water partition coefficient (Wildman–Crippen LogP) is 16.0. The predicted molar refractivity (Wildman–Crippen MR) is 245 cm³/mol. The summed E-state index contributed by atoms with van der Waals surface area (Å²) in [5.41, 5.74) is 12.2. The Labute approximate surface area is 337 Å². The summed E-state index contributed by atoms with van der Waals surface area (Å²) in [6.45, 7) is 0. The molecule has 0 aliphatic heterocycles. The van der Waals surface area contributed by atoms with Gasteiger partial charge >= 0.3 is 0 Å². The Morgan fingerprint density at radius 2 is 0.793 bits per heavy atom. The minimum absolute atomic E-state index is 0.838. The molecule has 2 nitrogen and oxygen atoms in total. The van der Waals surface area contributed by atoms with Crippen LogP contribution < -0.4 is 4.90 Å². The van der Waals surface area contributed by atoms with Gasteiger partial charge in [0.1, 0.15) is 11.3 Å². The zero-order valence-electron chi connectivity index (χ0n) is 31.7. The number of rotatable bonds is 7. The molecular weight excluding hydrogens is 703 g/mol. The lowest BCUT2D eigenvalue weighted by molar-refractivity contribution is 0.631. The molecule has 11 aromatic rings. The van der Waals surface area contributed by atoms with Crippen molar-refractivity contribution in [2.24, 2.45) is 0 Å². The molecule has 58 heavy (non-hydrogen) atoms. The third kappa shape index (κ3) is 6.00. The largest absolute Gasteiger partial charge is 0.456 e. The van der Waals surface area contributed by atoms with Crippen LogP contribution >= 0.6 is 0 Å². The number of hydrogen-bond acceptors (Lipinski definition) is 2. The SMILES string of the molecule is c1ccc(N(c2ccc(-c3ccc(-c4cccc5ccccc45)cc3)cc2)c2ccc(-c3ccc4c(ccc5ccccc54)c3)cc2)c(-c2cc3ccccc3o2)c1. The van der Waals surface area contributed by atoms with Crippen LogP contribution in [0, 0.1) is 0 Å². The Morgan fingerprint density at radius 3 is 1.53 bits per heavy atom. The van der Waals surface area contributed by atoms with Crippen LogP contribution in [0.5, 0.6) is 0 Å². The summed E-state index contributed by atoms with van der Waals surface area (Å²) in [5.74, 6) is 0.838. The average molecular weight is 740 g/mol. The van der Waals surface area contributed by atoms with Crippen molar-refractivity contribution in [1.29, 1.82) is 0 Å². The lowest BCUT2D eigenvalue weighted by Gasteiger charge is -2.27. The Bertz CT molecular complexity index is 3230. The van der Waals surface area contributed by atoms with Gasteiger partial charge in [0.2, 0.25) is 0 Å². The summed E-state index contributed by atoms with van der Waals surface area (Å²) in [6, 6.07) is 80.6. The zero-order valence-corrected chi connectivity index (χ0v) is 31.7. The van der Waals surface area contributed by atoms with Gasteiger partial charge < -0.3 is 9.32 Å². The first-order valence-corrected chi connectivity index (χ1v) is 19.8. The minimum atomic E-state index is 0.838. The van der Waals surface area contributed by atoms with E-state index in [0.29, 0.717) is 0 Å². The number of para-hydroxylation sites is 2. The molecule has 0 aliphatic carbocycles. The second-order valence-electron chi connectivity index (χ2n) is 14.9.